The second-order valence-electron chi connectivity index (χ2n) is 0.730. The molecule has 0 heterocycles. The van der Waals surface area contributed by atoms with Crippen molar-refractivity contribution in [3.8, 4) is 0 Å². The Kier molecular flexibility index (Phi) is 12.9. The van der Waals surface area contributed by atoms with Crippen LogP contribution in [0.2, 0.25) is 0 Å². The molecule has 0 saturated heterocycles. The minimum atomic E-state index is -2.36. The average molecular weight is 150 g/mol. The van der Waals surface area contributed by atoms with Crippen LogP contribution in [0.1, 0.15) is 0 Å². The molecule has 0 aliphatic rings. The van der Waals surface area contributed by atoms with Crippen LogP contribution in [0.3, 0.4) is 0 Å². The Morgan fingerprint density at radius 3 is 1.78 bits per heavy atom. The van der Waals surface area contributed by atoms with Gasteiger partial charge in [-0.2, -0.15) is 0 Å². The summed E-state index contributed by atoms with van der Waals surface area (Å²) in [5, 5.41) is 4.03. The van der Waals surface area contributed by atoms with E-state index in [0.29, 0.717) is 0 Å². The van der Waals surface area contributed by atoms with Crippen LogP contribution in [0.4, 0.5) is 0 Å². The standard InChI is InChI=1S/C4H6O.H3NO2S/c1-3-5-4-2;1-4(2)3/h3-4H,1-2H2;1H2,(H,2,3)/p-1. The van der Waals surface area contributed by atoms with Crippen LogP contribution in [0, 0.1) is 0 Å². The quantitative estimate of drug-likeness (QED) is 0.445. The molecule has 0 aromatic rings. The Morgan fingerprint density at radius 1 is 1.56 bits per heavy atom. The van der Waals surface area contributed by atoms with E-state index in [2.05, 4.69) is 23.0 Å². The Hall–Kier alpha value is -0.650. The molecule has 2 N–H and O–H groups in total. The number of hydrogen-bond acceptors (Lipinski definition) is 3. The van der Waals surface area contributed by atoms with Gasteiger partial charge in [0.05, 0.1) is 12.5 Å². The summed E-state index contributed by atoms with van der Waals surface area (Å²) in [6, 6.07) is 0. The third-order valence-electron chi connectivity index (χ3n) is 0.192. The van der Waals surface area contributed by atoms with Crippen LogP contribution in [-0.4, -0.2) is 8.76 Å². The summed E-state index contributed by atoms with van der Waals surface area (Å²) >= 11 is -2.36. The predicted octanol–water partition coefficient (Wildman–Crippen LogP) is 0.0292. The third-order valence-corrected chi connectivity index (χ3v) is 0.192. The van der Waals surface area contributed by atoms with E-state index >= 15 is 0 Å². The number of hydrogen-bond donors (Lipinski definition) is 1. The largest absolute Gasteiger partial charge is 0.760 e. The van der Waals surface area contributed by atoms with Gasteiger partial charge in [-0.25, -0.2) is 0 Å². The fourth-order valence-electron chi connectivity index (χ4n) is 0.0680. The Morgan fingerprint density at radius 2 is 1.78 bits per heavy atom. The van der Waals surface area contributed by atoms with Crippen molar-refractivity contribution in [3.63, 3.8) is 0 Å². The van der Waals surface area contributed by atoms with E-state index in [9.17, 15) is 0 Å². The van der Waals surface area contributed by atoms with Gasteiger partial charge in [0.1, 0.15) is 0 Å². The number of rotatable bonds is 2. The van der Waals surface area contributed by atoms with E-state index in [4.69, 9.17) is 8.76 Å². The molecule has 0 saturated carbocycles. The predicted molar refractivity (Wildman–Crippen MR) is 34.6 cm³/mol. The molecule has 0 aromatic heterocycles. The molecule has 1 atom stereocenters. The minimum absolute atomic E-state index is 1.31. The molecular formula is C4H8NO3S-. The fourth-order valence-corrected chi connectivity index (χ4v) is 0.0680. The van der Waals surface area contributed by atoms with Gasteiger partial charge in [0.2, 0.25) is 0 Å². The van der Waals surface area contributed by atoms with Crippen molar-refractivity contribution >= 4 is 11.3 Å². The van der Waals surface area contributed by atoms with Crippen molar-refractivity contribution in [1.82, 2.24) is 0 Å². The highest BCUT2D eigenvalue weighted by atomic mass is 32.2. The smallest absolute Gasteiger partial charge is 0.0829 e. The maximum Gasteiger partial charge on any atom is 0.0829 e. The minimum Gasteiger partial charge on any atom is -0.760 e. The van der Waals surface area contributed by atoms with Gasteiger partial charge in [0, 0.05) is 11.3 Å². The molecule has 0 aliphatic carbocycles. The maximum absolute atomic E-state index is 8.78. The molecular weight excluding hydrogens is 142 g/mol. The van der Waals surface area contributed by atoms with Crippen LogP contribution in [0.5, 0.6) is 0 Å². The first-order chi connectivity index (χ1) is 4.15. The van der Waals surface area contributed by atoms with Crippen molar-refractivity contribution in [2.24, 2.45) is 5.14 Å². The molecule has 1 unspecified atom stereocenters. The second-order valence-corrected chi connectivity index (χ2v) is 1.25. The van der Waals surface area contributed by atoms with Crippen molar-refractivity contribution in [3.05, 3.63) is 25.7 Å². The van der Waals surface area contributed by atoms with E-state index < -0.39 is 11.3 Å². The molecule has 0 aliphatic heterocycles. The summed E-state index contributed by atoms with van der Waals surface area (Å²) in [6.07, 6.45) is 2.62. The van der Waals surface area contributed by atoms with Gasteiger partial charge in [-0.15, -0.1) is 0 Å². The van der Waals surface area contributed by atoms with Crippen LogP contribution in [-0.2, 0) is 16.0 Å². The lowest BCUT2D eigenvalue weighted by atomic mass is 11.1. The molecule has 0 fully saturated rings. The zero-order valence-corrected chi connectivity index (χ0v) is 5.60. The van der Waals surface area contributed by atoms with Gasteiger partial charge in [-0.1, -0.05) is 13.2 Å². The average Bonchev–Trinajstić information content (AvgIpc) is 1.66. The summed E-state index contributed by atoms with van der Waals surface area (Å²) in [5.41, 5.74) is 0. The zero-order chi connectivity index (χ0) is 7.70. The SMILES string of the molecule is C=COC=C.NS(=O)[O-]. The summed E-state index contributed by atoms with van der Waals surface area (Å²) < 4.78 is 21.9. The lowest BCUT2D eigenvalue weighted by Gasteiger charge is -1.85. The monoisotopic (exact) mass is 150 g/mol. The lowest BCUT2D eigenvalue weighted by molar-refractivity contribution is 0.406. The van der Waals surface area contributed by atoms with E-state index in [1.807, 2.05) is 0 Å². The maximum atomic E-state index is 8.78. The van der Waals surface area contributed by atoms with Gasteiger partial charge in [-0.05, 0) is 0 Å². The summed E-state index contributed by atoms with van der Waals surface area (Å²) in [7, 11) is 0. The van der Waals surface area contributed by atoms with Gasteiger partial charge in [-0.3, -0.25) is 9.35 Å². The van der Waals surface area contributed by atoms with Gasteiger partial charge < -0.3 is 9.29 Å². The first-order valence-corrected chi connectivity index (χ1v) is 3.00. The molecule has 0 amide bonds. The van der Waals surface area contributed by atoms with E-state index in [1.54, 1.807) is 0 Å². The molecule has 0 radical (unpaired) electrons. The molecule has 0 bridgehead atoms. The molecule has 4 nitrogen and oxygen atoms in total. The van der Waals surface area contributed by atoms with Crippen LogP contribution >= 0.6 is 0 Å². The number of nitrogens with two attached hydrogens (primary N) is 1. The zero-order valence-electron chi connectivity index (χ0n) is 4.78. The topological polar surface area (TPSA) is 75.4 Å². The summed E-state index contributed by atoms with van der Waals surface area (Å²) in [6.45, 7) is 6.51. The van der Waals surface area contributed by atoms with Crippen LogP contribution in [0.25, 0.3) is 0 Å². The first-order valence-electron chi connectivity index (χ1n) is 1.86. The van der Waals surface area contributed by atoms with Crippen molar-refractivity contribution in [2.45, 2.75) is 0 Å². The Labute approximate surface area is 56.4 Å². The van der Waals surface area contributed by atoms with E-state index in [-0.39, 0.29) is 0 Å². The second kappa shape index (κ2) is 10.4. The van der Waals surface area contributed by atoms with Crippen LogP contribution in [0.15, 0.2) is 25.7 Å². The van der Waals surface area contributed by atoms with Gasteiger partial charge in [0.25, 0.3) is 0 Å². The van der Waals surface area contributed by atoms with Crippen LogP contribution < -0.4 is 5.14 Å². The van der Waals surface area contributed by atoms with E-state index in [0.717, 1.165) is 0 Å². The highest BCUT2D eigenvalue weighted by molar-refractivity contribution is 7.76. The molecule has 5 heteroatoms. The molecule has 54 valence electrons. The Balaban J connectivity index is 0. The molecule has 0 rings (SSSR count). The van der Waals surface area contributed by atoms with Crippen molar-refractivity contribution < 1.29 is 13.5 Å². The Bertz CT molecular complexity index is 94.0. The highest BCUT2D eigenvalue weighted by Gasteiger charge is 1.45. The molecule has 0 aromatic carbocycles. The lowest BCUT2D eigenvalue weighted by Crippen LogP contribution is -1.97. The fraction of sp³-hybridized carbons (Fsp3) is 0. The molecule has 0 spiro atoms. The summed E-state index contributed by atoms with van der Waals surface area (Å²) in [5.74, 6) is 0. The number of ether oxygens (including phenoxy) is 1. The normalized spacial score (nSPS) is 10.0. The van der Waals surface area contributed by atoms with Crippen molar-refractivity contribution in [1.29, 1.82) is 0 Å². The summed E-state index contributed by atoms with van der Waals surface area (Å²) in [4.78, 5) is 0. The first kappa shape index (κ1) is 11.2. The van der Waals surface area contributed by atoms with Gasteiger partial charge >= 0.3 is 0 Å². The third kappa shape index (κ3) is 115. The van der Waals surface area contributed by atoms with Gasteiger partial charge in [0.15, 0.2) is 0 Å². The van der Waals surface area contributed by atoms with Crippen molar-refractivity contribution in [2.75, 3.05) is 0 Å². The van der Waals surface area contributed by atoms with E-state index in [1.165, 1.54) is 12.5 Å². The highest BCUT2D eigenvalue weighted by Crippen LogP contribution is 1.65. The molecule has 9 heavy (non-hydrogen) atoms.